The molecule has 1 N–H and O–H groups in total. The van der Waals surface area contributed by atoms with Crippen molar-refractivity contribution in [2.24, 2.45) is 0 Å². The predicted molar refractivity (Wildman–Crippen MR) is 76.6 cm³/mol. The Morgan fingerprint density at radius 3 is 2.89 bits per heavy atom. The second kappa shape index (κ2) is 5.83. The highest BCUT2D eigenvalue weighted by Gasteiger charge is 2.07. The van der Waals surface area contributed by atoms with Crippen LogP contribution >= 0.6 is 0 Å². The summed E-state index contributed by atoms with van der Waals surface area (Å²) in [6.45, 7) is 8.30. The summed E-state index contributed by atoms with van der Waals surface area (Å²) in [5.41, 5.74) is 3.60. The lowest BCUT2D eigenvalue weighted by Gasteiger charge is -2.16. The number of hydrogen-bond donors (Lipinski definition) is 1. The fourth-order valence-corrected chi connectivity index (χ4v) is 2.21. The summed E-state index contributed by atoms with van der Waals surface area (Å²) in [5, 5.41) is 3.49. The van der Waals surface area contributed by atoms with E-state index < -0.39 is 0 Å². The van der Waals surface area contributed by atoms with Gasteiger partial charge in [-0.3, -0.25) is 0 Å². The highest BCUT2D eigenvalue weighted by molar-refractivity contribution is 5.74. The van der Waals surface area contributed by atoms with Crippen LogP contribution in [0.3, 0.4) is 0 Å². The first kappa shape index (κ1) is 12.8. The van der Waals surface area contributed by atoms with Crippen molar-refractivity contribution in [2.75, 3.05) is 6.54 Å². The number of likely N-dealkylation sites (N-methyl/N-ethyl adjacent to an activating group) is 1. The number of rotatable bonds is 5. The molecule has 0 spiro atoms. The highest BCUT2D eigenvalue weighted by Crippen LogP contribution is 2.12. The van der Waals surface area contributed by atoms with E-state index in [9.17, 15) is 0 Å². The summed E-state index contributed by atoms with van der Waals surface area (Å²) in [6.07, 6.45) is 4.20. The third-order valence-corrected chi connectivity index (χ3v) is 2.92. The number of nitrogens with one attached hydrogen (secondary N) is 1. The van der Waals surface area contributed by atoms with Gasteiger partial charge in [0, 0.05) is 12.6 Å². The number of para-hydroxylation sites is 2. The quantitative estimate of drug-likeness (QED) is 0.818. The molecular formula is C15H21N3. The molecule has 0 radical (unpaired) electrons. The molecule has 0 bridgehead atoms. The molecule has 1 heterocycles. The van der Waals surface area contributed by atoms with Crippen LogP contribution in [0.25, 0.3) is 11.0 Å². The van der Waals surface area contributed by atoms with Crippen LogP contribution in [0.5, 0.6) is 0 Å². The minimum Gasteiger partial charge on any atom is -0.329 e. The molecule has 2 rings (SSSR count). The lowest BCUT2D eigenvalue weighted by Crippen LogP contribution is -2.31. The zero-order valence-electron chi connectivity index (χ0n) is 11.4. The molecule has 0 amide bonds. The van der Waals surface area contributed by atoms with Gasteiger partial charge in [-0.2, -0.15) is 0 Å². The number of nitrogens with zero attached hydrogens (tertiary/aromatic N) is 2. The van der Waals surface area contributed by atoms with Crippen LogP contribution in [0.15, 0.2) is 42.2 Å². The normalized spacial score (nSPS) is 12.6. The fraction of sp³-hybridized carbons (Fsp3) is 0.400. The van der Waals surface area contributed by atoms with Crippen molar-refractivity contribution in [1.29, 1.82) is 0 Å². The van der Waals surface area contributed by atoms with E-state index in [0.29, 0.717) is 6.04 Å². The van der Waals surface area contributed by atoms with Crippen LogP contribution in [-0.4, -0.2) is 22.1 Å². The maximum Gasteiger partial charge on any atom is 0.0958 e. The topological polar surface area (TPSA) is 29.9 Å². The molecule has 3 heteroatoms. The predicted octanol–water partition coefficient (Wildman–Crippen LogP) is 2.98. The van der Waals surface area contributed by atoms with Crippen molar-refractivity contribution < 1.29 is 0 Å². The SMILES string of the molecule is CCNC(C=C(C)C)Cn1cnc2ccccc21. The van der Waals surface area contributed by atoms with E-state index in [1.807, 2.05) is 12.4 Å². The number of fused-ring (bicyclic) bond motifs is 1. The Bertz CT molecular complexity index is 535. The molecule has 18 heavy (non-hydrogen) atoms. The van der Waals surface area contributed by atoms with Crippen LogP contribution in [0.4, 0.5) is 0 Å². The molecule has 0 saturated heterocycles. The molecule has 1 aromatic heterocycles. The Morgan fingerprint density at radius 1 is 1.39 bits per heavy atom. The average Bonchev–Trinajstić information content (AvgIpc) is 2.72. The van der Waals surface area contributed by atoms with E-state index in [-0.39, 0.29) is 0 Å². The van der Waals surface area contributed by atoms with Crippen LogP contribution < -0.4 is 5.32 Å². The molecule has 0 aliphatic heterocycles. The number of allylic oxidation sites excluding steroid dienone is 1. The summed E-state index contributed by atoms with van der Waals surface area (Å²) >= 11 is 0. The monoisotopic (exact) mass is 243 g/mol. The largest absolute Gasteiger partial charge is 0.329 e. The molecule has 0 saturated carbocycles. The van der Waals surface area contributed by atoms with Crippen LogP contribution in [0.1, 0.15) is 20.8 Å². The van der Waals surface area contributed by atoms with E-state index in [4.69, 9.17) is 0 Å². The van der Waals surface area contributed by atoms with E-state index in [2.05, 4.69) is 59.9 Å². The number of imidazole rings is 1. The summed E-state index contributed by atoms with van der Waals surface area (Å²) in [4.78, 5) is 4.43. The Kier molecular flexibility index (Phi) is 4.15. The van der Waals surface area contributed by atoms with Crippen molar-refractivity contribution >= 4 is 11.0 Å². The standard InChI is InChI=1S/C15H21N3/c1-4-16-13(9-12(2)3)10-18-11-17-14-7-5-6-8-15(14)18/h5-9,11,13,16H,4,10H2,1-3H3. The lowest BCUT2D eigenvalue weighted by molar-refractivity contribution is 0.533. The van der Waals surface area contributed by atoms with Crippen molar-refractivity contribution in [1.82, 2.24) is 14.9 Å². The fourth-order valence-electron chi connectivity index (χ4n) is 2.21. The van der Waals surface area contributed by atoms with Gasteiger partial charge in [-0.25, -0.2) is 4.98 Å². The number of hydrogen-bond acceptors (Lipinski definition) is 2. The molecule has 0 aliphatic rings. The van der Waals surface area contributed by atoms with Crippen LogP contribution in [0, 0.1) is 0 Å². The highest BCUT2D eigenvalue weighted by atomic mass is 15.1. The van der Waals surface area contributed by atoms with Gasteiger partial charge in [-0.15, -0.1) is 0 Å². The van der Waals surface area contributed by atoms with Gasteiger partial charge >= 0.3 is 0 Å². The minimum absolute atomic E-state index is 0.359. The maximum atomic E-state index is 4.43. The lowest BCUT2D eigenvalue weighted by atomic mass is 10.2. The van der Waals surface area contributed by atoms with E-state index in [0.717, 1.165) is 18.6 Å². The van der Waals surface area contributed by atoms with E-state index in [1.54, 1.807) is 0 Å². The molecule has 1 aromatic carbocycles. The second-order valence-corrected chi connectivity index (χ2v) is 4.79. The van der Waals surface area contributed by atoms with E-state index >= 15 is 0 Å². The zero-order chi connectivity index (χ0) is 13.0. The van der Waals surface area contributed by atoms with Crippen molar-refractivity contribution in [3.8, 4) is 0 Å². The van der Waals surface area contributed by atoms with Gasteiger partial charge < -0.3 is 9.88 Å². The van der Waals surface area contributed by atoms with Crippen molar-refractivity contribution in [2.45, 2.75) is 33.4 Å². The number of aromatic nitrogens is 2. The third-order valence-electron chi connectivity index (χ3n) is 2.92. The van der Waals surface area contributed by atoms with Gasteiger partial charge in [-0.05, 0) is 32.5 Å². The minimum atomic E-state index is 0.359. The Balaban J connectivity index is 2.23. The summed E-state index contributed by atoms with van der Waals surface area (Å²) in [6, 6.07) is 8.61. The van der Waals surface area contributed by atoms with E-state index in [1.165, 1.54) is 11.1 Å². The van der Waals surface area contributed by atoms with Crippen LogP contribution in [-0.2, 0) is 6.54 Å². The van der Waals surface area contributed by atoms with Gasteiger partial charge in [0.15, 0.2) is 0 Å². The summed E-state index contributed by atoms with van der Waals surface area (Å²) in [5.74, 6) is 0. The Labute approximate surface area is 109 Å². The summed E-state index contributed by atoms with van der Waals surface area (Å²) in [7, 11) is 0. The van der Waals surface area contributed by atoms with Gasteiger partial charge in [0.1, 0.15) is 0 Å². The van der Waals surface area contributed by atoms with Crippen molar-refractivity contribution in [3.63, 3.8) is 0 Å². The summed E-state index contributed by atoms with van der Waals surface area (Å²) < 4.78 is 2.21. The first-order valence-electron chi connectivity index (χ1n) is 6.49. The van der Waals surface area contributed by atoms with Crippen LogP contribution in [0.2, 0.25) is 0 Å². The van der Waals surface area contributed by atoms with Gasteiger partial charge in [0.05, 0.1) is 17.4 Å². The third kappa shape index (κ3) is 2.99. The van der Waals surface area contributed by atoms with Crippen molar-refractivity contribution in [3.05, 3.63) is 42.2 Å². The molecule has 1 atom stereocenters. The van der Waals surface area contributed by atoms with Gasteiger partial charge in [0.25, 0.3) is 0 Å². The second-order valence-electron chi connectivity index (χ2n) is 4.79. The zero-order valence-corrected chi connectivity index (χ0v) is 11.4. The number of benzene rings is 1. The van der Waals surface area contributed by atoms with Gasteiger partial charge in [-0.1, -0.05) is 30.7 Å². The maximum absolute atomic E-state index is 4.43. The molecule has 1 unspecified atom stereocenters. The Morgan fingerprint density at radius 2 is 2.17 bits per heavy atom. The molecular weight excluding hydrogens is 222 g/mol. The molecule has 2 aromatic rings. The molecule has 0 fully saturated rings. The first-order valence-corrected chi connectivity index (χ1v) is 6.49. The first-order chi connectivity index (χ1) is 8.70. The molecule has 0 aliphatic carbocycles. The van der Waals surface area contributed by atoms with Gasteiger partial charge in [0.2, 0.25) is 0 Å². The Hall–Kier alpha value is -1.61. The smallest absolute Gasteiger partial charge is 0.0958 e. The molecule has 96 valence electrons. The molecule has 3 nitrogen and oxygen atoms in total. The average molecular weight is 243 g/mol.